The number of nitrogens with zero attached hydrogens (tertiary/aromatic N) is 1. The molecule has 3 rings (SSSR count). The van der Waals surface area contributed by atoms with Gasteiger partial charge in [-0.15, -0.1) is 0 Å². The van der Waals surface area contributed by atoms with E-state index >= 15 is 0 Å². The molecule has 0 radical (unpaired) electrons. The van der Waals surface area contributed by atoms with E-state index in [-0.39, 0.29) is 0 Å². The normalized spacial score (nSPS) is 13.9. The van der Waals surface area contributed by atoms with Crippen molar-refractivity contribution < 1.29 is 0 Å². The molecule has 0 fully saturated rings. The third-order valence-corrected chi connectivity index (χ3v) is 5.00. The van der Waals surface area contributed by atoms with Crippen LogP contribution in [0.2, 0.25) is 10.0 Å². The molecule has 1 nitrogen and oxygen atoms in total. The molecular weight excluding hydrogens is 301 g/mol. The molecule has 0 atom stereocenters. The van der Waals surface area contributed by atoms with Crippen molar-refractivity contribution in [3.05, 3.63) is 62.6 Å². The lowest BCUT2D eigenvalue weighted by atomic mass is 9.88. The number of aryl methyl sites for hydroxylation is 4. The number of anilines is 1. The van der Waals surface area contributed by atoms with Crippen LogP contribution in [0.1, 0.15) is 22.3 Å². The maximum Gasteiger partial charge on any atom is 0.0595 e. The predicted molar refractivity (Wildman–Crippen MR) is 92.0 cm³/mol. The lowest BCUT2D eigenvalue weighted by molar-refractivity contribution is 0.839. The van der Waals surface area contributed by atoms with Crippen LogP contribution < -0.4 is 4.90 Å². The summed E-state index contributed by atoms with van der Waals surface area (Å²) in [5, 5.41) is 1.33. The van der Waals surface area contributed by atoms with Crippen LogP contribution in [-0.2, 0) is 25.7 Å². The quantitative estimate of drug-likeness (QED) is 0.719. The van der Waals surface area contributed by atoms with Gasteiger partial charge in [0.15, 0.2) is 0 Å². The molecular formula is C18H19Cl2N. The van der Waals surface area contributed by atoms with Gasteiger partial charge in [-0.25, -0.2) is 0 Å². The Balaban J connectivity index is 1.95. The molecule has 2 aromatic carbocycles. The number of hydrogen-bond acceptors (Lipinski definition) is 1. The van der Waals surface area contributed by atoms with Crippen LogP contribution in [0.4, 0.5) is 5.69 Å². The maximum atomic E-state index is 6.17. The third-order valence-electron chi connectivity index (χ3n) is 4.28. The number of fused-ring (bicyclic) bond motifs is 2. The van der Waals surface area contributed by atoms with Gasteiger partial charge in [-0.3, -0.25) is 0 Å². The topological polar surface area (TPSA) is 3.24 Å². The van der Waals surface area contributed by atoms with E-state index in [1.807, 2.05) is 12.1 Å². The van der Waals surface area contributed by atoms with Crippen molar-refractivity contribution in [3.8, 4) is 0 Å². The van der Waals surface area contributed by atoms with Gasteiger partial charge in [-0.1, -0.05) is 29.3 Å². The van der Waals surface area contributed by atoms with Gasteiger partial charge in [0.05, 0.1) is 10.0 Å². The van der Waals surface area contributed by atoms with E-state index < -0.39 is 0 Å². The van der Waals surface area contributed by atoms with Crippen molar-refractivity contribution in [3.63, 3.8) is 0 Å². The molecule has 0 bridgehead atoms. The predicted octanol–water partition coefficient (Wildman–Crippen LogP) is 4.94. The van der Waals surface area contributed by atoms with Gasteiger partial charge in [-0.2, -0.15) is 0 Å². The average molecular weight is 320 g/mol. The Morgan fingerprint density at radius 2 is 1.19 bits per heavy atom. The van der Waals surface area contributed by atoms with E-state index in [4.69, 9.17) is 23.2 Å². The SMILES string of the molecule is CN(C)c1ccc2c(c1)CCc1cc(Cl)c(Cl)cc1CC2. The molecule has 0 aromatic heterocycles. The van der Waals surface area contributed by atoms with E-state index in [9.17, 15) is 0 Å². The van der Waals surface area contributed by atoms with E-state index in [0.29, 0.717) is 10.0 Å². The lowest BCUT2D eigenvalue weighted by Crippen LogP contribution is -2.11. The second-order valence-corrected chi connectivity index (χ2v) is 6.70. The monoisotopic (exact) mass is 319 g/mol. The van der Waals surface area contributed by atoms with Gasteiger partial charge < -0.3 is 4.90 Å². The first-order valence-corrected chi connectivity index (χ1v) is 8.06. The van der Waals surface area contributed by atoms with Crippen LogP contribution in [0, 0.1) is 0 Å². The van der Waals surface area contributed by atoms with Crippen molar-refractivity contribution in [2.45, 2.75) is 25.7 Å². The lowest BCUT2D eigenvalue weighted by Gasteiger charge is -2.20. The first-order valence-electron chi connectivity index (χ1n) is 7.30. The largest absolute Gasteiger partial charge is 0.378 e. The highest BCUT2D eigenvalue weighted by Gasteiger charge is 2.14. The minimum Gasteiger partial charge on any atom is -0.378 e. The number of rotatable bonds is 1. The van der Waals surface area contributed by atoms with E-state index in [1.54, 1.807) is 0 Å². The zero-order valence-electron chi connectivity index (χ0n) is 12.4. The van der Waals surface area contributed by atoms with Gasteiger partial charge >= 0.3 is 0 Å². The van der Waals surface area contributed by atoms with E-state index in [2.05, 4.69) is 37.2 Å². The summed E-state index contributed by atoms with van der Waals surface area (Å²) >= 11 is 12.3. The van der Waals surface area contributed by atoms with Gasteiger partial charge in [0.1, 0.15) is 0 Å². The molecule has 0 unspecified atom stereocenters. The fraction of sp³-hybridized carbons (Fsp3) is 0.333. The summed E-state index contributed by atoms with van der Waals surface area (Å²) in [6, 6.07) is 10.9. The number of hydrogen-bond donors (Lipinski definition) is 0. The van der Waals surface area contributed by atoms with Gasteiger partial charge in [-0.05, 0) is 72.2 Å². The molecule has 0 N–H and O–H groups in total. The van der Waals surface area contributed by atoms with Crippen LogP contribution in [0.15, 0.2) is 30.3 Å². The molecule has 0 spiro atoms. The Hall–Kier alpha value is -1.18. The van der Waals surface area contributed by atoms with E-state index in [0.717, 1.165) is 25.7 Å². The summed E-state index contributed by atoms with van der Waals surface area (Å²) in [5.74, 6) is 0. The summed E-state index contributed by atoms with van der Waals surface area (Å²) in [6.07, 6.45) is 4.17. The van der Waals surface area contributed by atoms with Crippen molar-refractivity contribution >= 4 is 28.9 Å². The van der Waals surface area contributed by atoms with Crippen molar-refractivity contribution in [2.75, 3.05) is 19.0 Å². The second-order valence-electron chi connectivity index (χ2n) is 5.88. The molecule has 0 aliphatic heterocycles. The summed E-state index contributed by atoms with van der Waals surface area (Å²) in [7, 11) is 4.17. The molecule has 2 aromatic rings. The van der Waals surface area contributed by atoms with Crippen molar-refractivity contribution in [2.24, 2.45) is 0 Å². The summed E-state index contributed by atoms with van der Waals surface area (Å²) in [5.41, 5.74) is 6.86. The maximum absolute atomic E-state index is 6.17. The molecule has 3 heteroatoms. The summed E-state index contributed by atoms with van der Waals surface area (Å²) in [6.45, 7) is 0. The van der Waals surface area contributed by atoms with Crippen LogP contribution >= 0.6 is 23.2 Å². The minimum absolute atomic E-state index is 0.665. The Bertz CT molecular complexity index is 677. The highest BCUT2D eigenvalue weighted by molar-refractivity contribution is 6.42. The average Bonchev–Trinajstić information content (AvgIpc) is 2.44. The van der Waals surface area contributed by atoms with Crippen molar-refractivity contribution in [1.82, 2.24) is 0 Å². The Kier molecular flexibility index (Phi) is 4.14. The number of halogens is 2. The Morgan fingerprint density at radius 1 is 0.714 bits per heavy atom. The smallest absolute Gasteiger partial charge is 0.0595 e. The zero-order chi connectivity index (χ0) is 15.0. The Morgan fingerprint density at radius 3 is 1.71 bits per heavy atom. The number of benzene rings is 2. The van der Waals surface area contributed by atoms with Gasteiger partial charge in [0.2, 0.25) is 0 Å². The Labute approximate surface area is 136 Å². The molecule has 0 heterocycles. The molecule has 1 aliphatic rings. The van der Waals surface area contributed by atoms with E-state index in [1.165, 1.54) is 27.9 Å². The van der Waals surface area contributed by atoms with Crippen LogP contribution in [-0.4, -0.2) is 14.1 Å². The fourth-order valence-electron chi connectivity index (χ4n) is 3.00. The molecule has 0 amide bonds. The zero-order valence-corrected chi connectivity index (χ0v) is 13.9. The van der Waals surface area contributed by atoms with Crippen LogP contribution in [0.25, 0.3) is 0 Å². The van der Waals surface area contributed by atoms with Crippen LogP contribution in [0.5, 0.6) is 0 Å². The van der Waals surface area contributed by atoms with Gasteiger partial charge in [0.25, 0.3) is 0 Å². The molecule has 1 aliphatic carbocycles. The minimum atomic E-state index is 0.665. The molecule has 110 valence electrons. The summed E-state index contributed by atoms with van der Waals surface area (Å²) < 4.78 is 0. The molecule has 21 heavy (non-hydrogen) atoms. The first kappa shape index (κ1) is 14.7. The van der Waals surface area contributed by atoms with Crippen LogP contribution in [0.3, 0.4) is 0 Å². The first-order chi connectivity index (χ1) is 10.0. The highest BCUT2D eigenvalue weighted by atomic mass is 35.5. The second kappa shape index (κ2) is 5.90. The molecule has 0 saturated carbocycles. The fourth-order valence-corrected chi connectivity index (χ4v) is 3.37. The standard InChI is InChI=1S/C18H19Cl2N/c1-21(2)16-8-7-12-3-4-14-10-17(19)18(20)11-15(14)6-5-13(12)9-16/h7-11H,3-6H2,1-2H3. The molecule has 0 saturated heterocycles. The highest BCUT2D eigenvalue weighted by Crippen LogP contribution is 2.30. The van der Waals surface area contributed by atoms with Crippen molar-refractivity contribution in [1.29, 1.82) is 0 Å². The van der Waals surface area contributed by atoms with Gasteiger partial charge in [0, 0.05) is 19.8 Å². The third kappa shape index (κ3) is 3.04. The summed E-state index contributed by atoms with van der Waals surface area (Å²) in [4.78, 5) is 2.16.